The highest BCUT2D eigenvalue weighted by Gasteiger charge is 2.44. The Kier molecular flexibility index (Phi) is 5.73. The second-order valence-corrected chi connectivity index (χ2v) is 6.05. The molecule has 104 valence electrons. The van der Waals surface area contributed by atoms with Crippen LogP contribution >= 0.6 is 15.9 Å². The number of carbonyl (C=O) groups excluding carboxylic acids is 2. The maximum Gasteiger partial charge on any atom is 0.331 e. The van der Waals surface area contributed by atoms with E-state index in [0.29, 0.717) is 18.4 Å². The summed E-state index contributed by atoms with van der Waals surface area (Å²) in [6.07, 6.45) is 0.869. The fourth-order valence-corrected chi connectivity index (χ4v) is 2.50. The lowest BCUT2D eigenvalue weighted by Crippen LogP contribution is -2.43. The van der Waals surface area contributed by atoms with Crippen LogP contribution in [0.25, 0.3) is 0 Å². The zero-order chi connectivity index (χ0) is 14.5. The van der Waals surface area contributed by atoms with Gasteiger partial charge < -0.3 is 4.74 Å². The van der Waals surface area contributed by atoms with E-state index >= 15 is 0 Å². The third-order valence-electron chi connectivity index (χ3n) is 2.66. The standard InChI is InChI=1S/C15H19BrO3/c1-4-10-15(16,14(18)19-11(2)3)13(17)12-8-6-5-7-9-12/h5-9,11H,4,10H2,1-3H3. The van der Waals surface area contributed by atoms with Gasteiger partial charge >= 0.3 is 5.97 Å². The number of halogens is 1. The van der Waals surface area contributed by atoms with E-state index in [2.05, 4.69) is 15.9 Å². The van der Waals surface area contributed by atoms with Gasteiger partial charge in [0.05, 0.1) is 6.10 Å². The van der Waals surface area contributed by atoms with Crippen LogP contribution in [0.1, 0.15) is 44.0 Å². The largest absolute Gasteiger partial charge is 0.462 e. The van der Waals surface area contributed by atoms with Crippen LogP contribution in [0, 0.1) is 0 Å². The minimum absolute atomic E-state index is 0.246. The van der Waals surface area contributed by atoms with Gasteiger partial charge in [0.15, 0.2) is 10.1 Å². The Bertz CT molecular complexity index is 442. The van der Waals surface area contributed by atoms with Gasteiger partial charge in [0.1, 0.15) is 0 Å². The van der Waals surface area contributed by atoms with Crippen LogP contribution in [0.15, 0.2) is 30.3 Å². The van der Waals surface area contributed by atoms with Crippen LogP contribution in [-0.4, -0.2) is 22.2 Å². The molecule has 19 heavy (non-hydrogen) atoms. The first-order chi connectivity index (χ1) is 8.91. The van der Waals surface area contributed by atoms with Crippen molar-refractivity contribution in [2.24, 2.45) is 0 Å². The van der Waals surface area contributed by atoms with Crippen molar-refractivity contribution >= 4 is 27.7 Å². The summed E-state index contributed by atoms with van der Waals surface area (Å²) in [5.41, 5.74) is 0.508. The maximum atomic E-state index is 12.5. The molecular formula is C15H19BrO3. The third kappa shape index (κ3) is 3.90. The van der Waals surface area contributed by atoms with Gasteiger partial charge in [0.2, 0.25) is 0 Å². The van der Waals surface area contributed by atoms with Crippen LogP contribution in [0.3, 0.4) is 0 Å². The lowest BCUT2D eigenvalue weighted by atomic mass is 9.93. The Morgan fingerprint density at radius 3 is 2.32 bits per heavy atom. The molecule has 0 saturated heterocycles. The maximum absolute atomic E-state index is 12.5. The average Bonchev–Trinajstić information content (AvgIpc) is 2.38. The second-order valence-electron chi connectivity index (χ2n) is 4.70. The van der Waals surface area contributed by atoms with Crippen molar-refractivity contribution in [3.63, 3.8) is 0 Å². The molecule has 0 N–H and O–H groups in total. The Morgan fingerprint density at radius 1 is 1.26 bits per heavy atom. The van der Waals surface area contributed by atoms with Crippen LogP contribution < -0.4 is 0 Å². The van der Waals surface area contributed by atoms with Crippen molar-refractivity contribution in [1.82, 2.24) is 0 Å². The summed E-state index contributed by atoms with van der Waals surface area (Å²) in [6.45, 7) is 5.46. The SMILES string of the molecule is CCCC(Br)(C(=O)OC(C)C)C(=O)c1ccccc1. The predicted molar refractivity (Wildman–Crippen MR) is 78.6 cm³/mol. The summed E-state index contributed by atoms with van der Waals surface area (Å²) >= 11 is 3.32. The lowest BCUT2D eigenvalue weighted by molar-refractivity contribution is -0.148. The number of ketones is 1. The molecule has 0 aliphatic rings. The number of Topliss-reactive ketones (excluding diaryl/α,β-unsaturated/α-hetero) is 1. The molecule has 3 nitrogen and oxygen atoms in total. The summed E-state index contributed by atoms with van der Waals surface area (Å²) in [5, 5.41) is 0. The van der Waals surface area contributed by atoms with E-state index in [1.54, 1.807) is 38.1 Å². The van der Waals surface area contributed by atoms with E-state index in [-0.39, 0.29) is 11.9 Å². The molecule has 0 radical (unpaired) electrons. The minimum Gasteiger partial charge on any atom is -0.462 e. The number of carbonyl (C=O) groups is 2. The van der Waals surface area contributed by atoms with Crippen molar-refractivity contribution in [3.8, 4) is 0 Å². The smallest absolute Gasteiger partial charge is 0.331 e. The van der Waals surface area contributed by atoms with Crippen LogP contribution in [0.2, 0.25) is 0 Å². The molecule has 1 aromatic rings. The Balaban J connectivity index is 3.05. The molecule has 0 aliphatic heterocycles. The van der Waals surface area contributed by atoms with E-state index in [1.165, 1.54) is 0 Å². The Labute approximate surface area is 122 Å². The zero-order valence-corrected chi connectivity index (χ0v) is 13.1. The molecule has 0 bridgehead atoms. The molecule has 0 saturated carbocycles. The Morgan fingerprint density at radius 2 is 1.84 bits per heavy atom. The highest BCUT2D eigenvalue weighted by atomic mass is 79.9. The first-order valence-corrected chi connectivity index (χ1v) is 7.21. The summed E-state index contributed by atoms with van der Waals surface area (Å²) in [7, 11) is 0. The quantitative estimate of drug-likeness (QED) is 0.346. The molecule has 0 aromatic heterocycles. The van der Waals surface area contributed by atoms with Crippen molar-refractivity contribution in [3.05, 3.63) is 35.9 Å². The summed E-state index contributed by atoms with van der Waals surface area (Å²) in [4.78, 5) is 24.7. The van der Waals surface area contributed by atoms with E-state index in [9.17, 15) is 9.59 Å². The van der Waals surface area contributed by atoms with E-state index < -0.39 is 10.3 Å². The first kappa shape index (κ1) is 15.9. The van der Waals surface area contributed by atoms with E-state index in [0.717, 1.165) is 0 Å². The van der Waals surface area contributed by atoms with E-state index in [4.69, 9.17) is 4.74 Å². The average molecular weight is 327 g/mol. The van der Waals surface area contributed by atoms with E-state index in [1.807, 2.05) is 13.0 Å². The first-order valence-electron chi connectivity index (χ1n) is 6.41. The monoisotopic (exact) mass is 326 g/mol. The molecular weight excluding hydrogens is 308 g/mol. The zero-order valence-electron chi connectivity index (χ0n) is 11.5. The highest BCUT2D eigenvalue weighted by molar-refractivity contribution is 9.10. The molecule has 0 spiro atoms. The van der Waals surface area contributed by atoms with Crippen molar-refractivity contribution in [2.45, 2.75) is 44.0 Å². The molecule has 1 aromatic carbocycles. The molecule has 1 rings (SSSR count). The predicted octanol–water partition coefficient (Wildman–Crippen LogP) is 3.75. The van der Waals surface area contributed by atoms with Gasteiger partial charge in [-0.15, -0.1) is 0 Å². The van der Waals surface area contributed by atoms with Crippen LogP contribution in [-0.2, 0) is 9.53 Å². The normalized spacial score (nSPS) is 13.9. The van der Waals surface area contributed by atoms with Gasteiger partial charge in [0, 0.05) is 5.56 Å². The fourth-order valence-electron chi connectivity index (χ4n) is 1.78. The van der Waals surface area contributed by atoms with Gasteiger partial charge in [-0.1, -0.05) is 59.6 Å². The van der Waals surface area contributed by atoms with Crippen molar-refractivity contribution < 1.29 is 14.3 Å². The minimum atomic E-state index is -1.28. The molecule has 4 heteroatoms. The van der Waals surface area contributed by atoms with Crippen LogP contribution in [0.5, 0.6) is 0 Å². The third-order valence-corrected chi connectivity index (χ3v) is 3.74. The van der Waals surface area contributed by atoms with Gasteiger partial charge in [-0.05, 0) is 20.3 Å². The van der Waals surface area contributed by atoms with Gasteiger partial charge in [-0.3, -0.25) is 9.59 Å². The Hall–Kier alpha value is -1.16. The molecule has 0 fully saturated rings. The number of alkyl halides is 1. The summed E-state index contributed by atoms with van der Waals surface area (Å²) in [5.74, 6) is -0.765. The molecule has 1 unspecified atom stereocenters. The lowest BCUT2D eigenvalue weighted by Gasteiger charge is -2.24. The van der Waals surface area contributed by atoms with Gasteiger partial charge in [0.25, 0.3) is 0 Å². The number of ether oxygens (including phenoxy) is 1. The summed E-state index contributed by atoms with van der Waals surface area (Å²) < 4.78 is 3.92. The van der Waals surface area contributed by atoms with Crippen LogP contribution in [0.4, 0.5) is 0 Å². The molecule has 0 amide bonds. The van der Waals surface area contributed by atoms with Gasteiger partial charge in [-0.25, -0.2) is 0 Å². The van der Waals surface area contributed by atoms with Gasteiger partial charge in [-0.2, -0.15) is 0 Å². The van der Waals surface area contributed by atoms with Crippen molar-refractivity contribution in [2.75, 3.05) is 0 Å². The summed E-state index contributed by atoms with van der Waals surface area (Å²) in [6, 6.07) is 8.80. The van der Waals surface area contributed by atoms with Crippen molar-refractivity contribution in [1.29, 1.82) is 0 Å². The second kappa shape index (κ2) is 6.85. The molecule has 1 atom stereocenters. The molecule has 0 heterocycles. The fraction of sp³-hybridized carbons (Fsp3) is 0.467. The number of hydrogen-bond donors (Lipinski definition) is 0. The number of hydrogen-bond acceptors (Lipinski definition) is 3. The number of esters is 1. The highest BCUT2D eigenvalue weighted by Crippen LogP contribution is 2.31. The number of benzene rings is 1. The molecule has 0 aliphatic carbocycles. The topological polar surface area (TPSA) is 43.4 Å². The number of rotatable bonds is 6.